The minimum absolute atomic E-state index is 0.0448. The molecule has 0 aromatic rings. The van der Waals surface area contributed by atoms with Gasteiger partial charge in [-0.2, -0.15) is 0 Å². The number of likely N-dealkylation sites (N-methyl/N-ethyl adjacent to an activating group) is 1. The first-order valence-electron chi connectivity index (χ1n) is 6.69. The van der Waals surface area contributed by atoms with Gasteiger partial charge < -0.3 is 10.2 Å². The molecule has 0 unspecified atom stereocenters. The van der Waals surface area contributed by atoms with Crippen LogP contribution in [0.3, 0.4) is 0 Å². The predicted molar refractivity (Wildman–Crippen MR) is 76.7 cm³/mol. The number of carbonyl (C=O) groups excluding carboxylic acids is 3. The van der Waals surface area contributed by atoms with Gasteiger partial charge in [0.25, 0.3) is 0 Å². The molecule has 0 aliphatic rings. The second-order valence-electron chi connectivity index (χ2n) is 3.74. The fourth-order valence-corrected chi connectivity index (χ4v) is 1.30. The zero-order valence-electron chi connectivity index (χ0n) is 12.4. The van der Waals surface area contributed by atoms with Crippen LogP contribution in [0.2, 0.25) is 0 Å². The van der Waals surface area contributed by atoms with Crippen LogP contribution in [0.4, 0.5) is 0 Å². The number of nitrogens with one attached hydrogen (secondary N) is 1. The molecular formula is C14H26N2O3. The average Bonchev–Trinajstić information content (AvgIpc) is 2.45. The fraction of sp³-hybridized carbons (Fsp3) is 0.643. The minimum Gasteiger partial charge on any atom is -0.359 e. The molecule has 0 aliphatic carbocycles. The Balaban J connectivity index is 0. The Hall–Kier alpha value is -1.65. The van der Waals surface area contributed by atoms with Gasteiger partial charge in [-0.1, -0.05) is 20.3 Å². The minimum atomic E-state index is -0.177. The van der Waals surface area contributed by atoms with Gasteiger partial charge in [-0.3, -0.25) is 14.4 Å². The summed E-state index contributed by atoms with van der Waals surface area (Å²) >= 11 is 0. The van der Waals surface area contributed by atoms with Gasteiger partial charge in [-0.05, 0) is 18.9 Å². The van der Waals surface area contributed by atoms with E-state index in [1.807, 2.05) is 13.8 Å². The van der Waals surface area contributed by atoms with Crippen molar-refractivity contribution in [1.29, 1.82) is 0 Å². The maximum Gasteiger partial charge on any atom is 0.246 e. The Morgan fingerprint density at radius 2 is 1.79 bits per heavy atom. The number of unbranched alkanes of at least 4 members (excludes halogenated alkanes) is 2. The summed E-state index contributed by atoms with van der Waals surface area (Å²) in [5, 5.41) is 2.56. The number of hydrogen-bond donors (Lipinski definition) is 1. The predicted octanol–water partition coefficient (Wildman–Crippen LogP) is 1.53. The molecule has 19 heavy (non-hydrogen) atoms. The highest BCUT2D eigenvalue weighted by Crippen LogP contribution is 2.01. The molecule has 0 aromatic carbocycles. The highest BCUT2D eigenvalue weighted by molar-refractivity contribution is 5.90. The SMILES string of the molecule is CC.CNC(=O)CCCCCN(C)C(=O)/C=C\C=O. The van der Waals surface area contributed by atoms with Crippen LogP contribution >= 0.6 is 0 Å². The van der Waals surface area contributed by atoms with Crippen LogP contribution < -0.4 is 5.32 Å². The van der Waals surface area contributed by atoms with E-state index < -0.39 is 0 Å². The van der Waals surface area contributed by atoms with Crippen molar-refractivity contribution < 1.29 is 14.4 Å². The van der Waals surface area contributed by atoms with Gasteiger partial charge in [0.2, 0.25) is 11.8 Å². The Bertz CT molecular complexity index is 288. The first-order chi connectivity index (χ1) is 9.11. The second kappa shape index (κ2) is 14.4. The number of nitrogens with zero attached hydrogens (tertiary/aromatic N) is 1. The van der Waals surface area contributed by atoms with Crippen molar-refractivity contribution in [2.24, 2.45) is 0 Å². The highest BCUT2D eigenvalue weighted by Gasteiger charge is 2.04. The van der Waals surface area contributed by atoms with Crippen LogP contribution in [-0.2, 0) is 14.4 Å². The molecule has 110 valence electrons. The van der Waals surface area contributed by atoms with Crippen LogP contribution in [-0.4, -0.2) is 43.6 Å². The van der Waals surface area contributed by atoms with Crippen molar-refractivity contribution in [2.45, 2.75) is 39.5 Å². The Morgan fingerprint density at radius 3 is 2.32 bits per heavy atom. The van der Waals surface area contributed by atoms with Gasteiger partial charge in [-0.15, -0.1) is 0 Å². The van der Waals surface area contributed by atoms with E-state index in [-0.39, 0.29) is 11.8 Å². The number of amides is 2. The Morgan fingerprint density at radius 1 is 1.16 bits per heavy atom. The lowest BCUT2D eigenvalue weighted by atomic mass is 10.2. The molecule has 5 nitrogen and oxygen atoms in total. The summed E-state index contributed by atoms with van der Waals surface area (Å²) in [4.78, 5) is 33.8. The Labute approximate surface area is 116 Å². The van der Waals surface area contributed by atoms with Gasteiger partial charge in [0.05, 0.1) is 0 Å². The van der Waals surface area contributed by atoms with Crippen molar-refractivity contribution in [1.82, 2.24) is 10.2 Å². The lowest BCUT2D eigenvalue weighted by Gasteiger charge is -2.14. The van der Waals surface area contributed by atoms with E-state index in [1.165, 1.54) is 12.2 Å². The van der Waals surface area contributed by atoms with E-state index in [0.29, 0.717) is 19.3 Å². The quantitative estimate of drug-likeness (QED) is 0.413. The molecule has 0 atom stereocenters. The molecule has 1 N–H and O–H groups in total. The molecule has 5 heteroatoms. The third kappa shape index (κ3) is 12.6. The molecule has 2 amide bonds. The largest absolute Gasteiger partial charge is 0.359 e. The molecule has 0 rings (SSSR count). The van der Waals surface area contributed by atoms with Crippen molar-refractivity contribution in [3.63, 3.8) is 0 Å². The molecule has 0 radical (unpaired) electrons. The topological polar surface area (TPSA) is 66.5 Å². The van der Waals surface area contributed by atoms with E-state index in [4.69, 9.17) is 0 Å². The lowest BCUT2D eigenvalue weighted by molar-refractivity contribution is -0.125. The highest BCUT2D eigenvalue weighted by atomic mass is 16.2. The van der Waals surface area contributed by atoms with E-state index in [9.17, 15) is 14.4 Å². The van der Waals surface area contributed by atoms with Crippen molar-refractivity contribution in [2.75, 3.05) is 20.6 Å². The van der Waals surface area contributed by atoms with Crippen LogP contribution in [0.15, 0.2) is 12.2 Å². The summed E-state index contributed by atoms with van der Waals surface area (Å²) in [6.07, 6.45) is 6.12. The first-order valence-corrected chi connectivity index (χ1v) is 6.69. The van der Waals surface area contributed by atoms with Crippen LogP contribution in [0.1, 0.15) is 39.5 Å². The maximum absolute atomic E-state index is 11.3. The van der Waals surface area contributed by atoms with Crippen LogP contribution in [0, 0.1) is 0 Å². The summed E-state index contributed by atoms with van der Waals surface area (Å²) in [5.41, 5.74) is 0. The summed E-state index contributed by atoms with van der Waals surface area (Å²) in [6.45, 7) is 4.63. The van der Waals surface area contributed by atoms with Gasteiger partial charge in [-0.25, -0.2) is 0 Å². The van der Waals surface area contributed by atoms with Crippen molar-refractivity contribution >= 4 is 18.1 Å². The van der Waals surface area contributed by atoms with Crippen molar-refractivity contribution in [3.05, 3.63) is 12.2 Å². The van der Waals surface area contributed by atoms with E-state index >= 15 is 0 Å². The molecule has 0 saturated heterocycles. The third-order valence-corrected chi connectivity index (χ3v) is 2.37. The normalized spacial score (nSPS) is 9.47. The Kier molecular flexibility index (Phi) is 14.9. The van der Waals surface area contributed by atoms with Gasteiger partial charge in [0.1, 0.15) is 6.29 Å². The summed E-state index contributed by atoms with van der Waals surface area (Å²) in [5.74, 6) is -0.133. The zero-order chi connectivity index (χ0) is 15.1. The maximum atomic E-state index is 11.3. The molecule has 0 spiro atoms. The molecule has 0 heterocycles. The van der Waals surface area contributed by atoms with E-state index in [0.717, 1.165) is 19.3 Å². The van der Waals surface area contributed by atoms with Gasteiger partial charge in [0, 0.05) is 33.1 Å². The molecule has 0 aromatic heterocycles. The molecule has 0 fully saturated rings. The van der Waals surface area contributed by atoms with Crippen LogP contribution in [0.5, 0.6) is 0 Å². The molecular weight excluding hydrogens is 244 g/mol. The standard InChI is InChI=1S/C12H20N2O3.C2H6/c1-13-11(16)7-4-3-5-9-14(2)12(17)8-6-10-15;1-2/h6,8,10H,3-5,7,9H2,1-2H3,(H,13,16);1-2H3/b8-6-;. The van der Waals surface area contributed by atoms with E-state index in [1.54, 1.807) is 19.0 Å². The third-order valence-electron chi connectivity index (χ3n) is 2.37. The number of rotatable bonds is 8. The summed E-state index contributed by atoms with van der Waals surface area (Å²) in [7, 11) is 3.31. The van der Waals surface area contributed by atoms with Crippen molar-refractivity contribution in [3.8, 4) is 0 Å². The second-order valence-corrected chi connectivity index (χ2v) is 3.74. The smallest absolute Gasteiger partial charge is 0.246 e. The molecule has 0 bridgehead atoms. The monoisotopic (exact) mass is 270 g/mol. The fourth-order valence-electron chi connectivity index (χ4n) is 1.30. The summed E-state index contributed by atoms with van der Waals surface area (Å²) in [6, 6.07) is 0. The molecule has 0 aliphatic heterocycles. The average molecular weight is 270 g/mol. The van der Waals surface area contributed by atoms with Gasteiger partial charge in [0.15, 0.2) is 0 Å². The zero-order valence-corrected chi connectivity index (χ0v) is 12.4. The lowest BCUT2D eigenvalue weighted by Crippen LogP contribution is -2.25. The van der Waals surface area contributed by atoms with Crippen LogP contribution in [0.25, 0.3) is 0 Å². The number of allylic oxidation sites excluding steroid dienone is 1. The van der Waals surface area contributed by atoms with E-state index in [2.05, 4.69) is 5.32 Å². The first kappa shape index (κ1) is 19.7. The number of aldehydes is 1. The number of hydrogen-bond acceptors (Lipinski definition) is 3. The number of carbonyl (C=O) groups is 3. The van der Waals surface area contributed by atoms with Gasteiger partial charge >= 0.3 is 0 Å². The molecule has 0 saturated carbocycles. The summed E-state index contributed by atoms with van der Waals surface area (Å²) < 4.78 is 0.